The summed E-state index contributed by atoms with van der Waals surface area (Å²) in [6.07, 6.45) is 5.26. The SMILES string of the molecule is CC(C)C[C@H](O)c1nnc2cc(-c3ccnc(Nc4ccnn4C)n3)ccn12. The van der Waals surface area contributed by atoms with Crippen LogP contribution in [0.25, 0.3) is 16.9 Å². The van der Waals surface area contributed by atoms with E-state index in [4.69, 9.17) is 0 Å². The maximum atomic E-state index is 10.4. The number of rotatable bonds is 6. The second kappa shape index (κ2) is 7.35. The highest BCUT2D eigenvalue weighted by molar-refractivity contribution is 5.65. The van der Waals surface area contributed by atoms with Crippen molar-refractivity contribution in [2.75, 3.05) is 5.32 Å². The Bertz CT molecular complexity index is 1100. The van der Waals surface area contributed by atoms with Gasteiger partial charge in [0.25, 0.3) is 0 Å². The molecule has 28 heavy (non-hydrogen) atoms. The van der Waals surface area contributed by atoms with Crippen LogP contribution in [0, 0.1) is 5.92 Å². The van der Waals surface area contributed by atoms with E-state index in [0.717, 1.165) is 17.1 Å². The van der Waals surface area contributed by atoms with Crippen molar-refractivity contribution in [2.24, 2.45) is 13.0 Å². The molecule has 0 aromatic carbocycles. The first kappa shape index (κ1) is 18.1. The monoisotopic (exact) mass is 378 g/mol. The van der Waals surface area contributed by atoms with E-state index in [1.165, 1.54) is 0 Å². The molecule has 0 saturated heterocycles. The average molecular weight is 378 g/mol. The molecule has 4 heterocycles. The van der Waals surface area contributed by atoms with E-state index in [9.17, 15) is 5.11 Å². The van der Waals surface area contributed by atoms with Crippen LogP contribution in [0.5, 0.6) is 0 Å². The Kier molecular flexibility index (Phi) is 4.74. The van der Waals surface area contributed by atoms with Gasteiger partial charge >= 0.3 is 0 Å². The highest BCUT2D eigenvalue weighted by atomic mass is 16.3. The average Bonchev–Trinajstić information content (AvgIpc) is 3.27. The molecule has 0 aliphatic carbocycles. The minimum atomic E-state index is -0.644. The topological polar surface area (TPSA) is 106 Å². The number of pyridine rings is 1. The second-order valence-corrected chi connectivity index (χ2v) is 7.08. The zero-order valence-electron chi connectivity index (χ0n) is 16.0. The second-order valence-electron chi connectivity index (χ2n) is 7.08. The van der Waals surface area contributed by atoms with Gasteiger partial charge in [0.05, 0.1) is 11.9 Å². The molecule has 0 amide bonds. The Balaban J connectivity index is 1.63. The molecule has 0 aliphatic rings. The van der Waals surface area contributed by atoms with E-state index in [-0.39, 0.29) is 0 Å². The van der Waals surface area contributed by atoms with Gasteiger partial charge in [-0.3, -0.25) is 9.08 Å². The summed E-state index contributed by atoms with van der Waals surface area (Å²) in [6.45, 7) is 4.13. The van der Waals surface area contributed by atoms with E-state index >= 15 is 0 Å². The summed E-state index contributed by atoms with van der Waals surface area (Å²) in [5, 5.41) is 26.0. The van der Waals surface area contributed by atoms with Crippen LogP contribution in [0.4, 0.5) is 11.8 Å². The highest BCUT2D eigenvalue weighted by Crippen LogP contribution is 2.24. The van der Waals surface area contributed by atoms with Gasteiger partial charge in [-0.25, -0.2) is 9.97 Å². The van der Waals surface area contributed by atoms with Crippen LogP contribution in [-0.4, -0.2) is 39.5 Å². The first-order valence-corrected chi connectivity index (χ1v) is 9.12. The Morgan fingerprint density at radius 2 is 2.00 bits per heavy atom. The zero-order valence-corrected chi connectivity index (χ0v) is 16.0. The van der Waals surface area contributed by atoms with Gasteiger partial charge in [-0.15, -0.1) is 10.2 Å². The number of aliphatic hydroxyl groups excluding tert-OH is 1. The van der Waals surface area contributed by atoms with E-state index in [0.29, 0.717) is 29.8 Å². The van der Waals surface area contributed by atoms with Crippen molar-refractivity contribution in [2.45, 2.75) is 26.4 Å². The number of nitrogens with one attached hydrogen (secondary N) is 1. The van der Waals surface area contributed by atoms with Gasteiger partial charge in [0.15, 0.2) is 11.5 Å². The molecule has 1 atom stereocenters. The van der Waals surface area contributed by atoms with Crippen LogP contribution in [0.3, 0.4) is 0 Å². The van der Waals surface area contributed by atoms with Gasteiger partial charge < -0.3 is 10.4 Å². The number of aryl methyl sites for hydroxylation is 1. The molecule has 4 rings (SSSR count). The Labute approximate surface area is 162 Å². The van der Waals surface area contributed by atoms with E-state index in [1.807, 2.05) is 41.9 Å². The Hall–Kier alpha value is -3.33. The van der Waals surface area contributed by atoms with Crippen LogP contribution >= 0.6 is 0 Å². The van der Waals surface area contributed by atoms with Gasteiger partial charge in [-0.05, 0) is 30.5 Å². The van der Waals surface area contributed by atoms with Crippen molar-refractivity contribution in [1.82, 2.24) is 34.3 Å². The van der Waals surface area contributed by atoms with Crippen LogP contribution in [0.1, 0.15) is 32.2 Å². The maximum absolute atomic E-state index is 10.4. The molecular formula is C19H22N8O. The molecule has 0 fully saturated rings. The summed E-state index contributed by atoms with van der Waals surface area (Å²) < 4.78 is 3.52. The third kappa shape index (κ3) is 3.56. The predicted molar refractivity (Wildman–Crippen MR) is 105 cm³/mol. The van der Waals surface area contributed by atoms with Crippen LogP contribution in [-0.2, 0) is 7.05 Å². The van der Waals surface area contributed by atoms with E-state index < -0.39 is 6.10 Å². The zero-order chi connectivity index (χ0) is 19.7. The molecule has 0 bridgehead atoms. The van der Waals surface area contributed by atoms with Gasteiger partial charge in [-0.1, -0.05) is 13.8 Å². The van der Waals surface area contributed by atoms with Gasteiger partial charge in [0.2, 0.25) is 5.95 Å². The molecule has 9 heteroatoms. The molecule has 0 saturated carbocycles. The normalized spacial score (nSPS) is 12.6. The number of hydrogen-bond donors (Lipinski definition) is 2. The molecule has 0 unspecified atom stereocenters. The molecular weight excluding hydrogens is 356 g/mol. The molecule has 4 aromatic rings. The van der Waals surface area contributed by atoms with Crippen LogP contribution in [0.15, 0.2) is 42.9 Å². The molecule has 0 aliphatic heterocycles. The van der Waals surface area contributed by atoms with E-state index in [1.54, 1.807) is 17.1 Å². The summed E-state index contributed by atoms with van der Waals surface area (Å²) in [7, 11) is 1.84. The van der Waals surface area contributed by atoms with Crippen molar-refractivity contribution in [1.29, 1.82) is 0 Å². The Morgan fingerprint density at radius 3 is 2.75 bits per heavy atom. The van der Waals surface area contributed by atoms with Crippen molar-refractivity contribution >= 4 is 17.4 Å². The largest absolute Gasteiger partial charge is 0.385 e. The van der Waals surface area contributed by atoms with Crippen LogP contribution < -0.4 is 5.32 Å². The summed E-state index contributed by atoms with van der Waals surface area (Å²) in [4.78, 5) is 8.85. The summed E-state index contributed by atoms with van der Waals surface area (Å²) in [6, 6.07) is 7.51. The standard InChI is InChI=1S/C19H22N8O/c1-12(2)10-15(28)18-25-24-17-11-13(6-9-27(17)18)14-4-7-20-19(22-14)23-16-5-8-21-26(16)3/h4-9,11-12,15,28H,10H2,1-3H3,(H,20,22,23)/t15-/m0/s1. The molecule has 4 aromatic heterocycles. The molecule has 0 spiro atoms. The predicted octanol–water partition coefficient (Wildman–Crippen LogP) is 2.74. The molecule has 2 N–H and O–H groups in total. The lowest BCUT2D eigenvalue weighted by molar-refractivity contribution is 0.140. The first-order chi connectivity index (χ1) is 13.5. The highest BCUT2D eigenvalue weighted by Gasteiger charge is 2.17. The van der Waals surface area contributed by atoms with E-state index in [2.05, 4.69) is 44.4 Å². The minimum Gasteiger partial charge on any atom is -0.385 e. The third-order valence-corrected chi connectivity index (χ3v) is 4.44. The third-order valence-electron chi connectivity index (χ3n) is 4.44. The van der Waals surface area contributed by atoms with Crippen molar-refractivity contribution in [3.05, 3.63) is 48.7 Å². The van der Waals surface area contributed by atoms with Crippen molar-refractivity contribution < 1.29 is 5.11 Å². The summed E-state index contributed by atoms with van der Waals surface area (Å²) in [5.74, 6) is 2.20. The fourth-order valence-electron chi connectivity index (χ4n) is 3.04. The van der Waals surface area contributed by atoms with Gasteiger partial charge in [-0.2, -0.15) is 5.10 Å². The van der Waals surface area contributed by atoms with Gasteiger partial charge in [0, 0.05) is 31.1 Å². The number of nitrogens with zero attached hydrogens (tertiary/aromatic N) is 7. The number of hydrogen-bond acceptors (Lipinski definition) is 7. The summed E-state index contributed by atoms with van der Waals surface area (Å²) >= 11 is 0. The number of aromatic nitrogens is 7. The van der Waals surface area contributed by atoms with Crippen LogP contribution in [0.2, 0.25) is 0 Å². The smallest absolute Gasteiger partial charge is 0.228 e. The number of aliphatic hydroxyl groups is 1. The molecule has 0 radical (unpaired) electrons. The minimum absolute atomic E-state index is 0.369. The molecule has 9 nitrogen and oxygen atoms in total. The fraction of sp³-hybridized carbons (Fsp3) is 0.316. The van der Waals surface area contributed by atoms with Crippen molar-refractivity contribution in [3.63, 3.8) is 0 Å². The lowest BCUT2D eigenvalue weighted by Crippen LogP contribution is -2.06. The van der Waals surface area contributed by atoms with Gasteiger partial charge in [0.1, 0.15) is 11.9 Å². The Morgan fingerprint density at radius 1 is 1.14 bits per heavy atom. The quantitative estimate of drug-likeness (QED) is 0.531. The maximum Gasteiger partial charge on any atom is 0.228 e. The number of fused-ring (bicyclic) bond motifs is 1. The molecule has 144 valence electrons. The lowest BCUT2D eigenvalue weighted by Gasteiger charge is -2.11. The fourth-order valence-corrected chi connectivity index (χ4v) is 3.04. The first-order valence-electron chi connectivity index (χ1n) is 9.12. The lowest BCUT2D eigenvalue weighted by atomic mass is 10.1. The summed E-state index contributed by atoms with van der Waals surface area (Å²) in [5.41, 5.74) is 2.31. The van der Waals surface area contributed by atoms with Crippen molar-refractivity contribution in [3.8, 4) is 11.3 Å². The number of anilines is 2.